The van der Waals surface area contributed by atoms with Gasteiger partial charge in [0.15, 0.2) is 0 Å². The molecular formula is C13H14ClNO2. The number of fused-ring (bicyclic) bond motifs is 1. The Balaban J connectivity index is 2.42. The number of hydrogen-bond donors (Lipinski definition) is 2. The van der Waals surface area contributed by atoms with Crippen molar-refractivity contribution in [1.29, 1.82) is 0 Å². The predicted octanol–water partition coefficient (Wildman–Crippen LogP) is 3.39. The van der Waals surface area contributed by atoms with E-state index in [0.29, 0.717) is 11.4 Å². The Kier molecular flexibility index (Phi) is 3.11. The fourth-order valence-electron chi connectivity index (χ4n) is 1.94. The second kappa shape index (κ2) is 4.41. The lowest BCUT2D eigenvalue weighted by molar-refractivity contribution is -0.141. The Morgan fingerprint density at radius 3 is 2.88 bits per heavy atom. The van der Waals surface area contributed by atoms with Crippen LogP contribution in [-0.2, 0) is 11.2 Å². The summed E-state index contributed by atoms with van der Waals surface area (Å²) in [5.74, 6) is -1.19. The largest absolute Gasteiger partial charge is 0.481 e. The number of hydrogen-bond acceptors (Lipinski definition) is 1. The molecule has 90 valence electrons. The molecule has 2 N–H and O–H groups in total. The van der Waals surface area contributed by atoms with Gasteiger partial charge in [0.05, 0.1) is 16.5 Å². The number of carboxylic acids is 1. The number of rotatable bonds is 3. The first-order valence-electron chi connectivity index (χ1n) is 5.48. The number of H-pyrrole nitrogens is 1. The van der Waals surface area contributed by atoms with Crippen LogP contribution in [0.3, 0.4) is 0 Å². The number of carboxylic acid groups (broad SMARTS) is 1. The van der Waals surface area contributed by atoms with Gasteiger partial charge < -0.3 is 10.1 Å². The van der Waals surface area contributed by atoms with Crippen LogP contribution in [-0.4, -0.2) is 16.1 Å². The third kappa shape index (κ3) is 2.29. The van der Waals surface area contributed by atoms with Crippen LogP contribution in [0.15, 0.2) is 18.3 Å². The maximum absolute atomic E-state index is 10.8. The van der Waals surface area contributed by atoms with E-state index in [1.54, 1.807) is 6.92 Å². The fraction of sp³-hybridized carbons (Fsp3) is 0.308. The highest BCUT2D eigenvalue weighted by Crippen LogP contribution is 2.28. The molecule has 2 aromatic rings. The summed E-state index contributed by atoms with van der Waals surface area (Å²) in [6.07, 6.45) is 2.40. The van der Waals surface area contributed by atoms with Gasteiger partial charge in [-0.05, 0) is 36.6 Å². The zero-order valence-corrected chi connectivity index (χ0v) is 10.5. The molecule has 0 saturated carbocycles. The van der Waals surface area contributed by atoms with Crippen LogP contribution in [0.5, 0.6) is 0 Å². The van der Waals surface area contributed by atoms with Gasteiger partial charge in [-0.1, -0.05) is 18.5 Å². The highest BCUT2D eigenvalue weighted by molar-refractivity contribution is 6.35. The van der Waals surface area contributed by atoms with E-state index in [2.05, 4.69) is 4.98 Å². The first-order chi connectivity index (χ1) is 7.99. The summed E-state index contributed by atoms with van der Waals surface area (Å²) in [6.45, 7) is 3.70. The molecule has 0 aliphatic heterocycles. The number of carbonyl (C=O) groups is 1. The van der Waals surface area contributed by atoms with Crippen molar-refractivity contribution < 1.29 is 9.90 Å². The molecule has 1 aromatic heterocycles. The van der Waals surface area contributed by atoms with Gasteiger partial charge in [0.2, 0.25) is 0 Å². The van der Waals surface area contributed by atoms with Crippen LogP contribution in [0, 0.1) is 12.8 Å². The maximum atomic E-state index is 10.8. The summed E-state index contributed by atoms with van der Waals surface area (Å²) in [7, 11) is 0. The summed E-state index contributed by atoms with van der Waals surface area (Å²) >= 11 is 6.16. The molecule has 1 unspecified atom stereocenters. The Morgan fingerprint density at radius 1 is 1.53 bits per heavy atom. The van der Waals surface area contributed by atoms with E-state index in [9.17, 15) is 4.79 Å². The van der Waals surface area contributed by atoms with Gasteiger partial charge in [0.1, 0.15) is 0 Å². The van der Waals surface area contributed by atoms with Crippen LogP contribution >= 0.6 is 11.6 Å². The summed E-state index contributed by atoms with van der Waals surface area (Å²) in [6, 6.07) is 3.84. The van der Waals surface area contributed by atoms with Crippen molar-refractivity contribution in [2.45, 2.75) is 20.3 Å². The van der Waals surface area contributed by atoms with Gasteiger partial charge in [-0.2, -0.15) is 0 Å². The van der Waals surface area contributed by atoms with Crippen LogP contribution in [0.4, 0.5) is 0 Å². The van der Waals surface area contributed by atoms with Crippen LogP contribution < -0.4 is 0 Å². The van der Waals surface area contributed by atoms with Crippen molar-refractivity contribution in [3.63, 3.8) is 0 Å². The third-order valence-electron chi connectivity index (χ3n) is 2.97. The molecular weight excluding hydrogens is 238 g/mol. The van der Waals surface area contributed by atoms with Gasteiger partial charge in [-0.25, -0.2) is 0 Å². The number of aromatic amines is 1. The minimum absolute atomic E-state index is 0.400. The van der Waals surface area contributed by atoms with Gasteiger partial charge >= 0.3 is 5.97 Å². The Morgan fingerprint density at radius 2 is 2.24 bits per heavy atom. The highest BCUT2D eigenvalue weighted by Gasteiger charge is 2.13. The Bertz CT molecular complexity index is 574. The molecule has 17 heavy (non-hydrogen) atoms. The van der Waals surface area contributed by atoms with E-state index in [-0.39, 0.29) is 0 Å². The number of aliphatic carboxylic acids is 1. The normalized spacial score (nSPS) is 12.9. The summed E-state index contributed by atoms with van der Waals surface area (Å²) in [5.41, 5.74) is 2.99. The summed E-state index contributed by atoms with van der Waals surface area (Å²) < 4.78 is 0. The van der Waals surface area contributed by atoms with Crippen molar-refractivity contribution in [3.8, 4) is 0 Å². The lowest BCUT2D eigenvalue weighted by Crippen LogP contribution is -2.12. The summed E-state index contributed by atoms with van der Waals surface area (Å²) in [5, 5.41) is 10.6. The lowest BCUT2D eigenvalue weighted by Gasteiger charge is -2.07. The molecule has 0 spiro atoms. The average molecular weight is 252 g/mol. The number of nitrogens with one attached hydrogen (secondary N) is 1. The first-order valence-corrected chi connectivity index (χ1v) is 5.85. The minimum atomic E-state index is -0.785. The zero-order valence-electron chi connectivity index (χ0n) is 9.75. The topological polar surface area (TPSA) is 53.1 Å². The number of benzene rings is 1. The van der Waals surface area contributed by atoms with Crippen molar-refractivity contribution in [2.24, 2.45) is 5.92 Å². The molecule has 0 fully saturated rings. The first kappa shape index (κ1) is 12.0. The van der Waals surface area contributed by atoms with Crippen LogP contribution in [0.25, 0.3) is 10.9 Å². The molecule has 1 heterocycles. The Labute approximate surface area is 104 Å². The van der Waals surface area contributed by atoms with Gasteiger partial charge in [0, 0.05) is 11.6 Å². The third-order valence-corrected chi connectivity index (χ3v) is 3.27. The number of halogens is 1. The van der Waals surface area contributed by atoms with Crippen molar-refractivity contribution in [1.82, 2.24) is 4.98 Å². The smallest absolute Gasteiger partial charge is 0.306 e. The monoisotopic (exact) mass is 251 g/mol. The van der Waals surface area contributed by atoms with E-state index in [0.717, 1.165) is 22.0 Å². The molecule has 0 aliphatic carbocycles. The molecule has 0 radical (unpaired) electrons. The van der Waals surface area contributed by atoms with E-state index in [1.165, 1.54) is 0 Å². The minimum Gasteiger partial charge on any atom is -0.481 e. The standard InChI is InChI=1S/C13H14ClNO2/c1-7(13(16)17)3-9-4-10-8(2)6-15-12(10)11(14)5-9/h4-7,15H,3H2,1-2H3,(H,16,17). The van der Waals surface area contributed by atoms with Gasteiger partial charge in [0.25, 0.3) is 0 Å². The zero-order chi connectivity index (χ0) is 12.6. The molecule has 4 heteroatoms. The second-order valence-electron chi connectivity index (χ2n) is 4.42. The predicted molar refractivity (Wildman–Crippen MR) is 68.5 cm³/mol. The van der Waals surface area contributed by atoms with Crippen molar-refractivity contribution in [3.05, 3.63) is 34.5 Å². The quantitative estimate of drug-likeness (QED) is 0.879. The average Bonchev–Trinajstić information content (AvgIpc) is 2.61. The molecule has 1 atom stereocenters. The van der Waals surface area contributed by atoms with E-state index < -0.39 is 11.9 Å². The van der Waals surface area contributed by atoms with Crippen LogP contribution in [0.1, 0.15) is 18.1 Å². The molecule has 0 saturated heterocycles. The van der Waals surface area contributed by atoms with Gasteiger partial charge in [-0.15, -0.1) is 0 Å². The molecule has 0 aliphatic rings. The fourth-order valence-corrected chi connectivity index (χ4v) is 2.23. The Hall–Kier alpha value is -1.48. The van der Waals surface area contributed by atoms with Crippen molar-refractivity contribution >= 4 is 28.5 Å². The number of aromatic nitrogens is 1. The SMILES string of the molecule is Cc1c[nH]c2c(Cl)cc(CC(C)C(=O)O)cc12. The molecule has 3 nitrogen and oxygen atoms in total. The molecule has 2 rings (SSSR count). The molecule has 1 aromatic carbocycles. The van der Waals surface area contributed by atoms with E-state index in [4.69, 9.17) is 16.7 Å². The van der Waals surface area contributed by atoms with E-state index >= 15 is 0 Å². The van der Waals surface area contributed by atoms with Crippen molar-refractivity contribution in [2.75, 3.05) is 0 Å². The summed E-state index contributed by atoms with van der Waals surface area (Å²) in [4.78, 5) is 13.9. The van der Waals surface area contributed by atoms with E-state index in [1.807, 2.05) is 25.3 Å². The van der Waals surface area contributed by atoms with Crippen LogP contribution in [0.2, 0.25) is 5.02 Å². The lowest BCUT2D eigenvalue weighted by atomic mass is 9.99. The van der Waals surface area contributed by atoms with Gasteiger partial charge in [-0.3, -0.25) is 4.79 Å². The highest BCUT2D eigenvalue weighted by atomic mass is 35.5. The number of aryl methyl sites for hydroxylation is 1. The molecule has 0 bridgehead atoms. The second-order valence-corrected chi connectivity index (χ2v) is 4.82. The maximum Gasteiger partial charge on any atom is 0.306 e. The molecule has 0 amide bonds.